The molecular weight excluding hydrogens is 278 g/mol. The van der Waals surface area contributed by atoms with Crippen molar-refractivity contribution in [1.29, 1.82) is 5.26 Å². The Labute approximate surface area is 112 Å². The van der Waals surface area contributed by atoms with Gasteiger partial charge < -0.3 is 5.32 Å². The first-order valence-electron chi connectivity index (χ1n) is 4.75. The third kappa shape index (κ3) is 2.67. The largest absolute Gasteiger partial charge is 0.352 e. The van der Waals surface area contributed by atoms with E-state index in [0.29, 0.717) is 11.4 Å². The molecule has 0 atom stereocenters. The second-order valence-electron chi connectivity index (χ2n) is 3.30. The molecule has 2 rings (SSSR count). The maximum absolute atomic E-state index is 13.0. The van der Waals surface area contributed by atoms with Crippen LogP contribution in [0.3, 0.4) is 0 Å². The molecule has 0 amide bonds. The molecule has 0 aliphatic rings. The highest BCUT2D eigenvalue weighted by Crippen LogP contribution is 2.27. The van der Waals surface area contributed by atoms with Gasteiger partial charge in [0.25, 0.3) is 0 Å². The fourth-order valence-corrected chi connectivity index (χ4v) is 1.59. The summed E-state index contributed by atoms with van der Waals surface area (Å²) in [5.41, 5.74) is 0.948. The highest BCUT2D eigenvalue weighted by molar-refractivity contribution is 6.33. The van der Waals surface area contributed by atoms with Crippen molar-refractivity contribution in [3.63, 3.8) is 0 Å². The zero-order valence-electron chi connectivity index (χ0n) is 8.78. The molecule has 4 nitrogen and oxygen atoms in total. The minimum atomic E-state index is -0.492. The number of nitriles is 1. The van der Waals surface area contributed by atoms with Gasteiger partial charge in [0.15, 0.2) is 10.3 Å². The molecule has 0 aliphatic carbocycles. The van der Waals surface area contributed by atoms with E-state index < -0.39 is 5.82 Å². The highest BCUT2D eigenvalue weighted by Gasteiger charge is 2.08. The molecule has 90 valence electrons. The lowest BCUT2D eigenvalue weighted by Gasteiger charge is -2.09. The van der Waals surface area contributed by atoms with Crippen molar-refractivity contribution in [2.75, 3.05) is 5.32 Å². The first-order chi connectivity index (χ1) is 8.60. The van der Waals surface area contributed by atoms with Crippen LogP contribution in [0, 0.1) is 17.1 Å². The summed E-state index contributed by atoms with van der Waals surface area (Å²) in [6.07, 6.45) is 0. The van der Waals surface area contributed by atoms with E-state index >= 15 is 0 Å². The van der Waals surface area contributed by atoms with E-state index in [0.717, 1.165) is 6.07 Å². The van der Waals surface area contributed by atoms with Gasteiger partial charge in [0.1, 0.15) is 11.9 Å². The fourth-order valence-electron chi connectivity index (χ4n) is 1.30. The molecule has 0 bridgehead atoms. The lowest BCUT2D eigenvalue weighted by atomic mass is 10.2. The summed E-state index contributed by atoms with van der Waals surface area (Å²) in [5, 5.41) is 19.2. The molecule has 18 heavy (non-hydrogen) atoms. The van der Waals surface area contributed by atoms with E-state index in [1.807, 2.05) is 6.07 Å². The highest BCUT2D eigenvalue weighted by atomic mass is 35.5. The number of rotatable bonds is 2. The van der Waals surface area contributed by atoms with Crippen molar-refractivity contribution in [1.82, 2.24) is 10.2 Å². The number of hydrogen-bond acceptors (Lipinski definition) is 4. The minimum absolute atomic E-state index is 0.104. The zero-order valence-corrected chi connectivity index (χ0v) is 10.3. The normalized spacial score (nSPS) is 9.89. The van der Waals surface area contributed by atoms with Gasteiger partial charge >= 0.3 is 0 Å². The number of nitrogens with one attached hydrogen (secondary N) is 1. The SMILES string of the molecule is N#Cc1cc(F)ccc1Nc1cc(Cl)nnc1Cl. The molecule has 0 unspecified atom stereocenters. The molecule has 1 aromatic heterocycles. The zero-order chi connectivity index (χ0) is 13.1. The van der Waals surface area contributed by atoms with Gasteiger partial charge in [-0.3, -0.25) is 0 Å². The van der Waals surface area contributed by atoms with Crippen LogP contribution in [0.25, 0.3) is 0 Å². The predicted molar refractivity (Wildman–Crippen MR) is 66.4 cm³/mol. The summed E-state index contributed by atoms with van der Waals surface area (Å²) in [6.45, 7) is 0. The van der Waals surface area contributed by atoms with Crippen LogP contribution in [0.1, 0.15) is 5.56 Å². The van der Waals surface area contributed by atoms with Crippen molar-refractivity contribution in [3.05, 3.63) is 46.0 Å². The summed E-state index contributed by atoms with van der Waals surface area (Å²) in [7, 11) is 0. The molecule has 0 radical (unpaired) electrons. The number of aromatic nitrogens is 2. The van der Waals surface area contributed by atoms with Crippen molar-refractivity contribution < 1.29 is 4.39 Å². The molecule has 0 saturated heterocycles. The Bertz CT molecular complexity index is 639. The minimum Gasteiger partial charge on any atom is -0.352 e. The first kappa shape index (κ1) is 12.6. The second-order valence-corrected chi connectivity index (χ2v) is 4.04. The number of halogens is 3. The molecule has 1 N–H and O–H groups in total. The van der Waals surface area contributed by atoms with E-state index in [-0.39, 0.29) is 15.9 Å². The Balaban J connectivity index is 2.40. The van der Waals surface area contributed by atoms with Gasteiger partial charge in [-0.05, 0) is 18.2 Å². The van der Waals surface area contributed by atoms with Crippen LogP contribution in [-0.4, -0.2) is 10.2 Å². The smallest absolute Gasteiger partial charge is 0.175 e. The van der Waals surface area contributed by atoms with Crippen molar-refractivity contribution in [2.45, 2.75) is 0 Å². The summed E-state index contributed by atoms with van der Waals surface area (Å²) in [6, 6.07) is 7.11. The molecule has 1 aromatic carbocycles. The van der Waals surface area contributed by atoms with E-state index in [2.05, 4.69) is 15.5 Å². The van der Waals surface area contributed by atoms with Crippen LogP contribution in [0.4, 0.5) is 15.8 Å². The summed E-state index contributed by atoms with van der Waals surface area (Å²) < 4.78 is 13.0. The Morgan fingerprint density at radius 2 is 1.94 bits per heavy atom. The van der Waals surface area contributed by atoms with Gasteiger partial charge in [-0.15, -0.1) is 10.2 Å². The van der Waals surface area contributed by atoms with Crippen LogP contribution >= 0.6 is 23.2 Å². The van der Waals surface area contributed by atoms with Gasteiger partial charge in [0, 0.05) is 6.07 Å². The van der Waals surface area contributed by atoms with Crippen LogP contribution < -0.4 is 5.32 Å². The quantitative estimate of drug-likeness (QED) is 0.915. The van der Waals surface area contributed by atoms with E-state index in [1.54, 1.807) is 0 Å². The van der Waals surface area contributed by atoms with Crippen LogP contribution in [0.2, 0.25) is 10.3 Å². The Kier molecular flexibility index (Phi) is 3.60. The molecule has 2 aromatic rings. The molecule has 0 spiro atoms. The average Bonchev–Trinajstić information content (AvgIpc) is 2.36. The van der Waals surface area contributed by atoms with Gasteiger partial charge in [-0.2, -0.15) is 5.26 Å². The number of benzene rings is 1. The third-order valence-electron chi connectivity index (χ3n) is 2.09. The van der Waals surface area contributed by atoms with Crippen LogP contribution in [0.15, 0.2) is 24.3 Å². The van der Waals surface area contributed by atoms with Gasteiger partial charge in [0.05, 0.1) is 16.9 Å². The monoisotopic (exact) mass is 282 g/mol. The topological polar surface area (TPSA) is 61.6 Å². The Hall–Kier alpha value is -1.90. The molecule has 0 saturated carbocycles. The average molecular weight is 283 g/mol. The molecule has 1 heterocycles. The first-order valence-corrected chi connectivity index (χ1v) is 5.51. The van der Waals surface area contributed by atoms with Gasteiger partial charge in [0.2, 0.25) is 0 Å². The van der Waals surface area contributed by atoms with Crippen LogP contribution in [-0.2, 0) is 0 Å². The van der Waals surface area contributed by atoms with E-state index in [1.165, 1.54) is 18.2 Å². The van der Waals surface area contributed by atoms with Gasteiger partial charge in [-0.1, -0.05) is 23.2 Å². The van der Waals surface area contributed by atoms with Crippen molar-refractivity contribution in [2.24, 2.45) is 0 Å². The summed E-state index contributed by atoms with van der Waals surface area (Å²) >= 11 is 11.5. The Morgan fingerprint density at radius 1 is 1.17 bits per heavy atom. The summed E-state index contributed by atoms with van der Waals surface area (Å²) in [4.78, 5) is 0. The standard InChI is InChI=1S/C11H5Cl2FN4/c12-10-4-9(11(13)18-17-10)16-8-2-1-7(14)3-6(8)5-15/h1-4H,(H,16,17). The third-order valence-corrected chi connectivity index (χ3v) is 2.55. The predicted octanol–water partition coefficient (Wildman–Crippen LogP) is 3.54. The van der Waals surface area contributed by atoms with Crippen LogP contribution in [0.5, 0.6) is 0 Å². The van der Waals surface area contributed by atoms with Gasteiger partial charge in [-0.25, -0.2) is 4.39 Å². The number of hydrogen-bond donors (Lipinski definition) is 1. The second kappa shape index (κ2) is 5.17. The molecular formula is C11H5Cl2FN4. The lowest BCUT2D eigenvalue weighted by Crippen LogP contribution is -1.97. The van der Waals surface area contributed by atoms with E-state index in [4.69, 9.17) is 28.5 Å². The number of anilines is 2. The fraction of sp³-hybridized carbons (Fsp3) is 0. The maximum Gasteiger partial charge on any atom is 0.175 e. The number of nitrogens with zero attached hydrogens (tertiary/aromatic N) is 3. The molecule has 0 fully saturated rings. The van der Waals surface area contributed by atoms with E-state index in [9.17, 15) is 4.39 Å². The molecule has 0 aliphatic heterocycles. The molecule has 7 heteroatoms. The maximum atomic E-state index is 13.0. The lowest BCUT2D eigenvalue weighted by molar-refractivity contribution is 0.627. The Morgan fingerprint density at radius 3 is 2.67 bits per heavy atom. The van der Waals surface area contributed by atoms with Crippen molar-refractivity contribution >= 4 is 34.6 Å². The summed E-state index contributed by atoms with van der Waals surface area (Å²) in [5.74, 6) is -0.492. The van der Waals surface area contributed by atoms with Crippen molar-refractivity contribution in [3.8, 4) is 6.07 Å².